The van der Waals surface area contributed by atoms with E-state index in [0.29, 0.717) is 6.54 Å². The van der Waals surface area contributed by atoms with Gasteiger partial charge in [0.05, 0.1) is 0 Å². The van der Waals surface area contributed by atoms with Crippen molar-refractivity contribution < 1.29 is 14.7 Å². The number of benzene rings is 1. The number of para-hydroxylation sites is 1. The molecule has 2 N–H and O–H groups in total. The van der Waals surface area contributed by atoms with Crippen LogP contribution >= 0.6 is 0 Å². The second-order valence-corrected chi connectivity index (χ2v) is 5.74. The van der Waals surface area contributed by atoms with Gasteiger partial charge in [0.2, 0.25) is 0 Å². The maximum Gasteiger partial charge on any atom is 0.329 e. The zero-order valence-electron chi connectivity index (χ0n) is 11.4. The molecular formula is C15H18N2O3. The monoisotopic (exact) mass is 274 g/mol. The standard InChI is InChI=1S/C15H18N2O3/c1-15(13(18)19,11-6-7-11)16-14(20)17-9-8-10-4-2-3-5-12(10)17/h2-5,11H,6-9H2,1H3,(H,16,20)(H,18,19). The molecule has 1 saturated carbocycles. The summed E-state index contributed by atoms with van der Waals surface area (Å²) in [4.78, 5) is 25.5. The zero-order valence-corrected chi connectivity index (χ0v) is 11.4. The molecule has 1 atom stereocenters. The van der Waals surface area contributed by atoms with E-state index in [1.165, 1.54) is 0 Å². The summed E-state index contributed by atoms with van der Waals surface area (Å²) in [6.07, 6.45) is 2.54. The van der Waals surface area contributed by atoms with Gasteiger partial charge in [-0.05, 0) is 43.7 Å². The molecule has 1 aliphatic heterocycles. The minimum atomic E-state index is -1.16. The van der Waals surface area contributed by atoms with Crippen LogP contribution < -0.4 is 10.2 Å². The molecule has 0 aromatic heterocycles. The lowest BCUT2D eigenvalue weighted by Crippen LogP contribution is -2.57. The molecule has 1 heterocycles. The Morgan fingerprint density at radius 1 is 1.35 bits per heavy atom. The van der Waals surface area contributed by atoms with Crippen LogP contribution in [0.15, 0.2) is 24.3 Å². The van der Waals surface area contributed by atoms with Gasteiger partial charge in [-0.15, -0.1) is 0 Å². The van der Waals surface area contributed by atoms with Crippen molar-refractivity contribution in [3.05, 3.63) is 29.8 Å². The molecule has 1 fully saturated rings. The van der Waals surface area contributed by atoms with E-state index in [1.54, 1.807) is 11.8 Å². The van der Waals surface area contributed by atoms with Crippen LogP contribution in [0.25, 0.3) is 0 Å². The van der Waals surface area contributed by atoms with E-state index in [9.17, 15) is 14.7 Å². The molecule has 106 valence electrons. The molecule has 1 aromatic carbocycles. The van der Waals surface area contributed by atoms with Gasteiger partial charge in [-0.3, -0.25) is 4.90 Å². The summed E-state index contributed by atoms with van der Waals surface area (Å²) in [7, 11) is 0. The lowest BCUT2D eigenvalue weighted by molar-refractivity contribution is -0.144. The van der Waals surface area contributed by atoms with Crippen LogP contribution in [-0.4, -0.2) is 29.2 Å². The number of nitrogens with one attached hydrogen (secondary N) is 1. The van der Waals surface area contributed by atoms with Crippen molar-refractivity contribution >= 4 is 17.7 Å². The van der Waals surface area contributed by atoms with Gasteiger partial charge in [0.25, 0.3) is 0 Å². The number of amides is 2. The summed E-state index contributed by atoms with van der Waals surface area (Å²) in [5.41, 5.74) is 0.855. The van der Waals surface area contributed by atoms with E-state index in [2.05, 4.69) is 5.32 Å². The van der Waals surface area contributed by atoms with E-state index < -0.39 is 11.5 Å². The molecule has 2 aliphatic rings. The van der Waals surface area contributed by atoms with Crippen molar-refractivity contribution in [2.75, 3.05) is 11.4 Å². The number of hydrogen-bond donors (Lipinski definition) is 2. The second kappa shape index (κ2) is 4.51. The maximum atomic E-state index is 12.4. The van der Waals surface area contributed by atoms with Crippen LogP contribution in [0.4, 0.5) is 10.5 Å². The molecule has 2 amide bonds. The lowest BCUT2D eigenvalue weighted by atomic mass is 9.96. The number of carboxylic acid groups (broad SMARTS) is 1. The van der Waals surface area contributed by atoms with Crippen molar-refractivity contribution in [2.45, 2.75) is 31.7 Å². The lowest BCUT2D eigenvalue weighted by Gasteiger charge is -2.29. The predicted molar refractivity (Wildman–Crippen MR) is 74.8 cm³/mol. The van der Waals surface area contributed by atoms with Crippen LogP contribution in [0, 0.1) is 5.92 Å². The Balaban J connectivity index is 1.79. The fourth-order valence-corrected chi connectivity index (χ4v) is 2.83. The molecule has 0 bridgehead atoms. The molecular weight excluding hydrogens is 256 g/mol. The first-order valence-corrected chi connectivity index (χ1v) is 6.93. The fraction of sp³-hybridized carbons (Fsp3) is 0.467. The van der Waals surface area contributed by atoms with Crippen molar-refractivity contribution in [3.8, 4) is 0 Å². The highest BCUT2D eigenvalue weighted by Crippen LogP contribution is 2.40. The van der Waals surface area contributed by atoms with Crippen molar-refractivity contribution in [1.29, 1.82) is 0 Å². The number of anilines is 1. The molecule has 1 unspecified atom stereocenters. The van der Waals surface area contributed by atoms with Gasteiger partial charge < -0.3 is 10.4 Å². The number of fused-ring (bicyclic) bond motifs is 1. The highest BCUT2D eigenvalue weighted by atomic mass is 16.4. The number of carbonyl (C=O) groups is 2. The molecule has 0 saturated heterocycles. The average molecular weight is 274 g/mol. The fourth-order valence-electron chi connectivity index (χ4n) is 2.83. The van der Waals surface area contributed by atoms with Crippen LogP contribution in [-0.2, 0) is 11.2 Å². The number of aliphatic carboxylic acids is 1. The Kier molecular flexibility index (Phi) is 2.92. The SMILES string of the molecule is CC(NC(=O)N1CCc2ccccc21)(C(=O)O)C1CC1. The van der Waals surface area contributed by atoms with Crippen molar-refractivity contribution in [3.63, 3.8) is 0 Å². The average Bonchev–Trinajstić information content (AvgIpc) is 3.18. The molecule has 5 heteroatoms. The van der Waals surface area contributed by atoms with Crippen LogP contribution in [0.5, 0.6) is 0 Å². The molecule has 1 aromatic rings. The number of rotatable bonds is 3. The van der Waals surface area contributed by atoms with E-state index in [0.717, 1.165) is 30.5 Å². The van der Waals surface area contributed by atoms with Gasteiger partial charge in [0, 0.05) is 12.2 Å². The smallest absolute Gasteiger partial charge is 0.329 e. The molecule has 0 spiro atoms. The Morgan fingerprint density at radius 3 is 2.70 bits per heavy atom. The quantitative estimate of drug-likeness (QED) is 0.885. The van der Waals surface area contributed by atoms with Gasteiger partial charge in [-0.1, -0.05) is 18.2 Å². The van der Waals surface area contributed by atoms with E-state index in [1.807, 2.05) is 24.3 Å². The van der Waals surface area contributed by atoms with Crippen LogP contribution in [0.3, 0.4) is 0 Å². The Labute approximate surface area is 117 Å². The predicted octanol–water partition coefficient (Wildman–Crippen LogP) is 2.01. The summed E-state index contributed by atoms with van der Waals surface area (Å²) >= 11 is 0. The van der Waals surface area contributed by atoms with Gasteiger partial charge in [0.15, 0.2) is 0 Å². The highest BCUT2D eigenvalue weighted by Gasteiger charge is 2.49. The van der Waals surface area contributed by atoms with E-state index in [4.69, 9.17) is 0 Å². The van der Waals surface area contributed by atoms with Crippen LogP contribution in [0.2, 0.25) is 0 Å². The molecule has 0 radical (unpaired) electrons. The Hall–Kier alpha value is -2.04. The Bertz CT molecular complexity index is 568. The number of hydrogen-bond acceptors (Lipinski definition) is 2. The minimum absolute atomic E-state index is 0.0433. The second-order valence-electron chi connectivity index (χ2n) is 5.74. The van der Waals surface area contributed by atoms with E-state index >= 15 is 0 Å². The molecule has 1 aliphatic carbocycles. The first kappa shape index (κ1) is 13.0. The van der Waals surface area contributed by atoms with Gasteiger partial charge in [0.1, 0.15) is 5.54 Å². The van der Waals surface area contributed by atoms with E-state index in [-0.39, 0.29) is 11.9 Å². The van der Waals surface area contributed by atoms with Gasteiger partial charge in [-0.2, -0.15) is 0 Å². The first-order valence-electron chi connectivity index (χ1n) is 6.93. The third-order valence-corrected chi connectivity index (χ3v) is 4.34. The minimum Gasteiger partial charge on any atom is -0.480 e. The molecule has 3 rings (SSSR count). The van der Waals surface area contributed by atoms with Crippen molar-refractivity contribution in [1.82, 2.24) is 5.32 Å². The topological polar surface area (TPSA) is 69.6 Å². The third-order valence-electron chi connectivity index (χ3n) is 4.34. The first-order chi connectivity index (χ1) is 9.52. The maximum absolute atomic E-state index is 12.4. The number of carbonyl (C=O) groups excluding carboxylic acids is 1. The van der Waals surface area contributed by atoms with Crippen molar-refractivity contribution in [2.24, 2.45) is 5.92 Å². The zero-order chi connectivity index (χ0) is 14.3. The summed E-state index contributed by atoms with van der Waals surface area (Å²) in [6, 6.07) is 7.43. The summed E-state index contributed by atoms with van der Waals surface area (Å²) < 4.78 is 0. The number of nitrogens with zero attached hydrogens (tertiary/aromatic N) is 1. The Morgan fingerprint density at radius 2 is 2.05 bits per heavy atom. The normalized spacial score (nSPS) is 20.1. The highest BCUT2D eigenvalue weighted by molar-refractivity contribution is 5.97. The van der Waals surface area contributed by atoms with Gasteiger partial charge >= 0.3 is 12.0 Å². The number of urea groups is 1. The molecule has 20 heavy (non-hydrogen) atoms. The summed E-state index contributed by atoms with van der Waals surface area (Å²) in [5.74, 6) is -0.914. The third kappa shape index (κ3) is 2.03. The number of carboxylic acids is 1. The van der Waals surface area contributed by atoms with Crippen LogP contribution in [0.1, 0.15) is 25.3 Å². The molecule has 5 nitrogen and oxygen atoms in total. The largest absolute Gasteiger partial charge is 0.480 e. The van der Waals surface area contributed by atoms with Gasteiger partial charge in [-0.25, -0.2) is 9.59 Å². The summed E-state index contributed by atoms with van der Waals surface area (Å²) in [5, 5.41) is 12.1. The summed E-state index contributed by atoms with van der Waals surface area (Å²) in [6.45, 7) is 2.21.